The molecule has 0 aliphatic heterocycles. The first-order valence-corrected chi connectivity index (χ1v) is 7.78. The van der Waals surface area contributed by atoms with Crippen LogP contribution in [-0.2, 0) is 6.54 Å². The second-order valence-electron chi connectivity index (χ2n) is 4.91. The van der Waals surface area contributed by atoms with Gasteiger partial charge in [0, 0.05) is 13.1 Å². The van der Waals surface area contributed by atoms with Crippen LogP contribution in [0.5, 0.6) is 11.5 Å². The van der Waals surface area contributed by atoms with Crippen LogP contribution in [0.1, 0.15) is 25.8 Å². The standard InChI is InChI=1S/C16H24F3N3O2/c1-4-20-15(21-9-8-16(17,18)19)22-11-12-6-7-13(24-5-2)14(10-12)23-3/h6-7,10H,4-5,8-9,11H2,1-3H3,(H2,20,21,22). The zero-order valence-electron chi connectivity index (χ0n) is 14.2. The van der Waals surface area contributed by atoms with Gasteiger partial charge in [-0.2, -0.15) is 13.2 Å². The Bertz CT molecular complexity index is 534. The Hall–Kier alpha value is -2.12. The third-order valence-electron chi connectivity index (χ3n) is 2.99. The van der Waals surface area contributed by atoms with Crippen LogP contribution >= 0.6 is 0 Å². The van der Waals surface area contributed by atoms with Crippen LogP contribution in [0.25, 0.3) is 0 Å². The Morgan fingerprint density at radius 3 is 2.50 bits per heavy atom. The number of ether oxygens (including phenoxy) is 2. The molecule has 0 aliphatic carbocycles. The van der Waals surface area contributed by atoms with Crippen molar-refractivity contribution in [2.45, 2.75) is 33.0 Å². The maximum Gasteiger partial charge on any atom is 0.390 e. The molecular formula is C16H24F3N3O2. The maximum atomic E-state index is 12.2. The summed E-state index contributed by atoms with van der Waals surface area (Å²) in [6, 6.07) is 5.43. The SMILES string of the molecule is CCNC(=NCc1ccc(OCC)c(OC)c1)NCCC(F)(F)F. The first-order valence-electron chi connectivity index (χ1n) is 7.78. The normalized spacial score (nSPS) is 12.0. The largest absolute Gasteiger partial charge is 0.493 e. The number of aliphatic imine (C=N–C) groups is 1. The number of hydrogen-bond donors (Lipinski definition) is 2. The van der Waals surface area contributed by atoms with E-state index in [0.717, 1.165) is 5.56 Å². The van der Waals surface area contributed by atoms with Gasteiger partial charge in [0.25, 0.3) is 0 Å². The summed E-state index contributed by atoms with van der Waals surface area (Å²) in [4.78, 5) is 4.29. The molecule has 8 heteroatoms. The number of nitrogens with one attached hydrogen (secondary N) is 2. The summed E-state index contributed by atoms with van der Waals surface area (Å²) in [5.41, 5.74) is 0.864. The van der Waals surface area contributed by atoms with E-state index in [4.69, 9.17) is 9.47 Å². The van der Waals surface area contributed by atoms with Gasteiger partial charge in [0.15, 0.2) is 17.5 Å². The van der Waals surface area contributed by atoms with Crippen LogP contribution < -0.4 is 20.1 Å². The lowest BCUT2D eigenvalue weighted by Gasteiger charge is -2.13. The summed E-state index contributed by atoms with van der Waals surface area (Å²) in [6.07, 6.45) is -5.10. The Balaban J connectivity index is 2.71. The number of alkyl halides is 3. The average molecular weight is 347 g/mol. The van der Waals surface area contributed by atoms with Crippen LogP contribution in [0.2, 0.25) is 0 Å². The van der Waals surface area contributed by atoms with E-state index in [1.54, 1.807) is 19.2 Å². The summed E-state index contributed by atoms with van der Waals surface area (Å²) >= 11 is 0. The number of benzene rings is 1. The predicted octanol–water partition coefficient (Wildman–Crippen LogP) is 3.10. The second-order valence-corrected chi connectivity index (χ2v) is 4.91. The van der Waals surface area contributed by atoms with E-state index in [0.29, 0.717) is 37.2 Å². The third kappa shape index (κ3) is 7.43. The van der Waals surface area contributed by atoms with Gasteiger partial charge in [0.1, 0.15) is 0 Å². The van der Waals surface area contributed by atoms with E-state index in [-0.39, 0.29) is 6.54 Å². The quantitative estimate of drug-likeness (QED) is 0.560. The van der Waals surface area contributed by atoms with Crippen molar-refractivity contribution in [2.75, 3.05) is 26.8 Å². The molecule has 0 fully saturated rings. The van der Waals surface area contributed by atoms with E-state index in [1.807, 2.05) is 19.9 Å². The van der Waals surface area contributed by atoms with Crippen molar-refractivity contribution in [3.63, 3.8) is 0 Å². The van der Waals surface area contributed by atoms with Gasteiger partial charge in [-0.15, -0.1) is 0 Å². The molecule has 1 aromatic carbocycles. The molecule has 5 nitrogen and oxygen atoms in total. The van der Waals surface area contributed by atoms with Gasteiger partial charge >= 0.3 is 6.18 Å². The Morgan fingerprint density at radius 2 is 1.92 bits per heavy atom. The highest BCUT2D eigenvalue weighted by molar-refractivity contribution is 5.79. The average Bonchev–Trinajstić information content (AvgIpc) is 2.52. The summed E-state index contributed by atoms with van der Waals surface area (Å²) in [7, 11) is 1.55. The van der Waals surface area contributed by atoms with Crippen LogP contribution in [-0.4, -0.2) is 38.9 Å². The first-order chi connectivity index (χ1) is 11.4. The van der Waals surface area contributed by atoms with Crippen LogP contribution in [0.4, 0.5) is 13.2 Å². The zero-order valence-corrected chi connectivity index (χ0v) is 14.2. The summed E-state index contributed by atoms with van der Waals surface area (Å²) in [5, 5.41) is 5.59. The van der Waals surface area contributed by atoms with Gasteiger partial charge in [-0.1, -0.05) is 6.07 Å². The minimum atomic E-state index is -4.19. The van der Waals surface area contributed by atoms with Gasteiger partial charge in [0.2, 0.25) is 0 Å². The highest BCUT2D eigenvalue weighted by atomic mass is 19.4. The van der Waals surface area contributed by atoms with Gasteiger partial charge in [0.05, 0.1) is 26.7 Å². The van der Waals surface area contributed by atoms with Gasteiger partial charge in [-0.3, -0.25) is 0 Å². The highest BCUT2D eigenvalue weighted by Gasteiger charge is 2.26. The van der Waals surface area contributed by atoms with Crippen molar-refractivity contribution in [1.29, 1.82) is 0 Å². The van der Waals surface area contributed by atoms with Crippen LogP contribution in [0.15, 0.2) is 23.2 Å². The molecule has 0 amide bonds. The minimum absolute atomic E-state index is 0.220. The Labute approximate surface area is 140 Å². The minimum Gasteiger partial charge on any atom is -0.493 e. The summed E-state index contributed by atoms with van der Waals surface area (Å²) in [6.45, 7) is 4.91. The lowest BCUT2D eigenvalue weighted by Crippen LogP contribution is -2.38. The van der Waals surface area contributed by atoms with Crippen molar-refractivity contribution >= 4 is 5.96 Å². The molecule has 0 atom stereocenters. The molecule has 0 unspecified atom stereocenters. The van der Waals surface area contributed by atoms with Gasteiger partial charge in [-0.05, 0) is 31.5 Å². The lowest BCUT2D eigenvalue weighted by atomic mass is 10.2. The predicted molar refractivity (Wildman–Crippen MR) is 87.7 cm³/mol. The lowest BCUT2D eigenvalue weighted by molar-refractivity contribution is -0.132. The summed E-state index contributed by atoms with van der Waals surface area (Å²) in [5.74, 6) is 1.58. The van der Waals surface area contributed by atoms with E-state index in [2.05, 4.69) is 15.6 Å². The van der Waals surface area contributed by atoms with Crippen molar-refractivity contribution < 1.29 is 22.6 Å². The topological polar surface area (TPSA) is 54.9 Å². The van der Waals surface area contributed by atoms with Gasteiger partial charge < -0.3 is 20.1 Å². The molecule has 0 aliphatic rings. The van der Waals surface area contributed by atoms with Crippen LogP contribution in [0, 0.1) is 0 Å². The molecule has 24 heavy (non-hydrogen) atoms. The molecule has 0 bridgehead atoms. The molecule has 0 spiro atoms. The van der Waals surface area contributed by atoms with E-state index in [9.17, 15) is 13.2 Å². The van der Waals surface area contributed by atoms with Gasteiger partial charge in [-0.25, -0.2) is 4.99 Å². The number of hydrogen-bond acceptors (Lipinski definition) is 3. The molecule has 136 valence electrons. The number of methoxy groups -OCH3 is 1. The Kier molecular flexibility index (Phi) is 8.21. The second kappa shape index (κ2) is 9.89. The molecule has 0 heterocycles. The fourth-order valence-corrected chi connectivity index (χ4v) is 1.92. The number of halogens is 3. The number of nitrogens with zero attached hydrogens (tertiary/aromatic N) is 1. The van der Waals surface area contributed by atoms with Crippen LogP contribution in [0.3, 0.4) is 0 Å². The maximum absolute atomic E-state index is 12.2. The van der Waals surface area contributed by atoms with Crippen molar-refractivity contribution in [3.05, 3.63) is 23.8 Å². The summed E-state index contributed by atoms with van der Waals surface area (Å²) < 4.78 is 47.3. The third-order valence-corrected chi connectivity index (χ3v) is 2.99. The zero-order chi connectivity index (χ0) is 18.0. The number of rotatable bonds is 8. The smallest absolute Gasteiger partial charge is 0.390 e. The van der Waals surface area contributed by atoms with Crippen molar-refractivity contribution in [3.8, 4) is 11.5 Å². The van der Waals surface area contributed by atoms with E-state index in [1.165, 1.54) is 0 Å². The monoisotopic (exact) mass is 347 g/mol. The molecular weight excluding hydrogens is 323 g/mol. The highest BCUT2D eigenvalue weighted by Crippen LogP contribution is 2.28. The number of guanidine groups is 1. The Morgan fingerprint density at radius 1 is 1.17 bits per heavy atom. The molecule has 0 aromatic heterocycles. The van der Waals surface area contributed by atoms with Crippen molar-refractivity contribution in [2.24, 2.45) is 4.99 Å². The molecule has 0 radical (unpaired) electrons. The van der Waals surface area contributed by atoms with E-state index >= 15 is 0 Å². The fourth-order valence-electron chi connectivity index (χ4n) is 1.92. The molecule has 0 saturated heterocycles. The molecule has 2 N–H and O–H groups in total. The van der Waals surface area contributed by atoms with E-state index < -0.39 is 12.6 Å². The molecule has 0 saturated carbocycles. The first kappa shape index (κ1) is 19.9. The fraction of sp³-hybridized carbons (Fsp3) is 0.562. The molecule has 1 rings (SSSR count). The van der Waals surface area contributed by atoms with Crippen molar-refractivity contribution in [1.82, 2.24) is 10.6 Å². The molecule has 1 aromatic rings.